The number of hydrogen-bond donors (Lipinski definition) is 2. The van der Waals surface area contributed by atoms with Gasteiger partial charge in [-0.25, -0.2) is 5.84 Å². The summed E-state index contributed by atoms with van der Waals surface area (Å²) in [5.41, 5.74) is 3.45. The van der Waals surface area contributed by atoms with Crippen molar-refractivity contribution in [1.82, 2.24) is 5.43 Å². The normalized spacial score (nSPS) is 27.4. The molecule has 1 aromatic rings. The zero-order valence-corrected chi connectivity index (χ0v) is 11.5. The molecule has 0 atom stereocenters. The Morgan fingerprint density at radius 2 is 2.29 bits per heavy atom. The van der Waals surface area contributed by atoms with Gasteiger partial charge < -0.3 is 0 Å². The quantitative estimate of drug-likeness (QED) is 0.511. The van der Waals surface area contributed by atoms with Crippen LogP contribution < -0.4 is 11.3 Å². The molecule has 1 aliphatic rings. The third-order valence-corrected chi connectivity index (χ3v) is 4.07. The number of hydrogen-bond acceptors (Lipinski definition) is 2. The number of halogens is 1. The highest BCUT2D eigenvalue weighted by atomic mass is 79.9. The van der Waals surface area contributed by atoms with E-state index in [-0.39, 0.29) is 11.3 Å². The fraction of sp³-hybridized carbons (Fsp3) is 0.462. The van der Waals surface area contributed by atoms with Gasteiger partial charge in [0, 0.05) is 16.3 Å². The van der Waals surface area contributed by atoms with E-state index in [1.165, 1.54) is 5.56 Å². The second-order valence-electron chi connectivity index (χ2n) is 5.05. The molecule has 0 unspecified atom stereocenters. The Morgan fingerprint density at radius 1 is 1.59 bits per heavy atom. The van der Waals surface area contributed by atoms with Gasteiger partial charge in [-0.1, -0.05) is 35.0 Å². The molecule has 1 aliphatic carbocycles. The number of nitrogens with two attached hydrogens (primary N) is 1. The number of carbonyl (C=O) groups is 1. The number of amides is 1. The van der Waals surface area contributed by atoms with Crippen LogP contribution in [0.4, 0.5) is 0 Å². The molecule has 0 heterocycles. The Kier molecular flexibility index (Phi) is 3.54. The zero-order chi connectivity index (χ0) is 12.5. The largest absolute Gasteiger partial charge is 0.294 e. The molecule has 1 aromatic carbocycles. The molecule has 4 heteroatoms. The number of rotatable bonds is 3. The van der Waals surface area contributed by atoms with Gasteiger partial charge in [0.2, 0.25) is 5.91 Å². The summed E-state index contributed by atoms with van der Waals surface area (Å²) in [5, 5.41) is 0. The molecule has 0 aromatic heterocycles. The second-order valence-corrected chi connectivity index (χ2v) is 5.96. The van der Waals surface area contributed by atoms with Crippen molar-refractivity contribution in [2.75, 3.05) is 0 Å². The number of hydrazine groups is 1. The monoisotopic (exact) mass is 296 g/mol. The maximum atomic E-state index is 11.5. The molecule has 1 saturated carbocycles. The summed E-state index contributed by atoms with van der Waals surface area (Å²) in [6.07, 6.45) is 2.58. The Bertz CT molecular complexity index is 427. The van der Waals surface area contributed by atoms with Crippen LogP contribution in [0.3, 0.4) is 0 Å². The van der Waals surface area contributed by atoms with Crippen LogP contribution in [0.2, 0.25) is 0 Å². The molecule has 0 aliphatic heterocycles. The van der Waals surface area contributed by atoms with Crippen LogP contribution in [0.25, 0.3) is 0 Å². The highest BCUT2D eigenvalue weighted by Gasteiger charge is 2.44. The minimum Gasteiger partial charge on any atom is -0.294 e. The number of nitrogens with one attached hydrogen (secondary N) is 1. The SMILES string of the molecule is CC1CC(CC(=O)NN)(c2cccc(Br)c2)C1. The lowest BCUT2D eigenvalue weighted by Crippen LogP contribution is -2.45. The van der Waals surface area contributed by atoms with Crippen molar-refractivity contribution < 1.29 is 4.79 Å². The predicted molar refractivity (Wildman–Crippen MR) is 71.2 cm³/mol. The first kappa shape index (κ1) is 12.6. The van der Waals surface area contributed by atoms with E-state index >= 15 is 0 Å². The molecule has 17 heavy (non-hydrogen) atoms. The Morgan fingerprint density at radius 3 is 2.82 bits per heavy atom. The summed E-state index contributed by atoms with van der Waals surface area (Å²) in [6.45, 7) is 2.22. The first-order chi connectivity index (χ1) is 8.05. The smallest absolute Gasteiger partial charge is 0.234 e. The van der Waals surface area contributed by atoms with Crippen molar-refractivity contribution in [3.8, 4) is 0 Å². The van der Waals surface area contributed by atoms with Crippen molar-refractivity contribution >= 4 is 21.8 Å². The highest BCUT2D eigenvalue weighted by Crippen LogP contribution is 2.50. The maximum absolute atomic E-state index is 11.5. The van der Waals surface area contributed by atoms with Crippen LogP contribution in [0.5, 0.6) is 0 Å². The topological polar surface area (TPSA) is 55.1 Å². The van der Waals surface area contributed by atoms with Crippen LogP contribution in [0.15, 0.2) is 28.7 Å². The van der Waals surface area contributed by atoms with Crippen molar-refractivity contribution in [2.24, 2.45) is 11.8 Å². The lowest BCUT2D eigenvalue weighted by atomic mass is 9.57. The second kappa shape index (κ2) is 4.78. The molecule has 2 rings (SSSR count). The van der Waals surface area contributed by atoms with Crippen LogP contribution in [0, 0.1) is 5.92 Å². The van der Waals surface area contributed by atoms with Crippen molar-refractivity contribution in [3.05, 3.63) is 34.3 Å². The van der Waals surface area contributed by atoms with Gasteiger partial charge in [-0.2, -0.15) is 0 Å². The van der Waals surface area contributed by atoms with E-state index < -0.39 is 0 Å². The van der Waals surface area contributed by atoms with Crippen molar-refractivity contribution in [1.29, 1.82) is 0 Å². The maximum Gasteiger partial charge on any atom is 0.234 e. The molecule has 0 spiro atoms. The summed E-state index contributed by atoms with van der Waals surface area (Å²) in [5.74, 6) is 5.79. The van der Waals surface area contributed by atoms with Gasteiger partial charge in [-0.3, -0.25) is 10.2 Å². The van der Waals surface area contributed by atoms with Crippen LogP contribution in [-0.4, -0.2) is 5.91 Å². The molecule has 0 saturated heterocycles. The Labute approximate surface area is 110 Å². The molecule has 0 radical (unpaired) electrons. The zero-order valence-electron chi connectivity index (χ0n) is 9.87. The van der Waals surface area contributed by atoms with Crippen molar-refractivity contribution in [2.45, 2.75) is 31.6 Å². The third-order valence-electron chi connectivity index (χ3n) is 3.58. The first-order valence-electron chi connectivity index (χ1n) is 5.81. The fourth-order valence-electron chi connectivity index (χ4n) is 2.93. The minimum absolute atomic E-state index is 0.0212. The molecular formula is C13H17BrN2O. The van der Waals surface area contributed by atoms with Gasteiger partial charge in [0.05, 0.1) is 0 Å². The van der Waals surface area contributed by atoms with Gasteiger partial charge in [0.15, 0.2) is 0 Å². The van der Waals surface area contributed by atoms with Gasteiger partial charge in [0.1, 0.15) is 0 Å². The van der Waals surface area contributed by atoms with E-state index in [1.54, 1.807) is 0 Å². The van der Waals surface area contributed by atoms with Gasteiger partial charge >= 0.3 is 0 Å². The Balaban J connectivity index is 2.26. The van der Waals surface area contributed by atoms with E-state index in [2.05, 4.69) is 40.4 Å². The standard InChI is InChI=1S/C13H17BrN2O/c1-9-6-13(7-9,8-12(17)16-15)10-3-2-4-11(14)5-10/h2-5,9H,6-8,15H2,1H3,(H,16,17). The van der Waals surface area contributed by atoms with E-state index in [0.717, 1.165) is 17.3 Å². The van der Waals surface area contributed by atoms with Crippen LogP contribution in [-0.2, 0) is 10.2 Å². The molecule has 1 fully saturated rings. The number of carbonyl (C=O) groups excluding carboxylic acids is 1. The van der Waals surface area contributed by atoms with E-state index in [0.29, 0.717) is 12.3 Å². The minimum atomic E-state index is -0.0862. The summed E-state index contributed by atoms with van der Waals surface area (Å²) in [4.78, 5) is 11.5. The summed E-state index contributed by atoms with van der Waals surface area (Å²) in [6, 6.07) is 8.23. The van der Waals surface area contributed by atoms with Gasteiger partial charge in [-0.05, 0) is 36.5 Å². The molecule has 92 valence electrons. The third kappa shape index (κ3) is 2.53. The summed E-state index contributed by atoms with van der Waals surface area (Å²) in [7, 11) is 0. The average molecular weight is 297 g/mol. The van der Waals surface area contributed by atoms with Crippen molar-refractivity contribution in [3.63, 3.8) is 0 Å². The van der Waals surface area contributed by atoms with Crippen LogP contribution >= 0.6 is 15.9 Å². The lowest BCUT2D eigenvalue weighted by Gasteiger charge is -2.46. The van der Waals surface area contributed by atoms with Crippen LogP contribution in [0.1, 0.15) is 31.7 Å². The molecular weight excluding hydrogens is 280 g/mol. The lowest BCUT2D eigenvalue weighted by molar-refractivity contribution is -0.123. The van der Waals surface area contributed by atoms with Gasteiger partial charge in [-0.15, -0.1) is 0 Å². The van der Waals surface area contributed by atoms with Gasteiger partial charge in [0.25, 0.3) is 0 Å². The Hall–Kier alpha value is -0.870. The number of benzene rings is 1. The molecule has 3 N–H and O–H groups in total. The predicted octanol–water partition coefficient (Wildman–Crippen LogP) is 2.50. The van der Waals surface area contributed by atoms with E-state index in [4.69, 9.17) is 5.84 Å². The average Bonchev–Trinajstić information content (AvgIpc) is 2.26. The first-order valence-corrected chi connectivity index (χ1v) is 6.60. The van der Waals surface area contributed by atoms with E-state index in [9.17, 15) is 4.79 Å². The summed E-state index contributed by atoms with van der Waals surface area (Å²) < 4.78 is 1.06. The van der Waals surface area contributed by atoms with E-state index in [1.807, 2.05) is 12.1 Å². The summed E-state index contributed by atoms with van der Waals surface area (Å²) >= 11 is 3.48. The fourth-order valence-corrected chi connectivity index (χ4v) is 3.33. The molecule has 0 bridgehead atoms. The molecule has 3 nitrogen and oxygen atoms in total. The highest BCUT2D eigenvalue weighted by molar-refractivity contribution is 9.10. The molecule has 1 amide bonds.